The minimum Gasteiger partial charge on any atom is -0.310 e. The van der Waals surface area contributed by atoms with Crippen LogP contribution in [0.4, 0.5) is 17.1 Å². The van der Waals surface area contributed by atoms with Gasteiger partial charge in [-0.2, -0.15) is 0 Å². The van der Waals surface area contributed by atoms with Crippen molar-refractivity contribution in [1.82, 2.24) is 0 Å². The molecule has 1 atom stereocenters. The lowest BCUT2D eigenvalue weighted by molar-refractivity contribution is 0.660. The highest BCUT2D eigenvalue weighted by atomic mass is 15.1. The van der Waals surface area contributed by atoms with Gasteiger partial charge in [0.05, 0.1) is 42.4 Å². The van der Waals surface area contributed by atoms with Crippen LogP contribution in [0.15, 0.2) is 236 Å². The molecule has 1 heteroatoms. The lowest BCUT2D eigenvalue weighted by Gasteiger charge is -2.34. The number of rotatable bonds is 7. The van der Waals surface area contributed by atoms with E-state index in [2.05, 4.69) is 0 Å². The molecule has 0 aromatic heterocycles. The molecular formula is C62H45N. The largest absolute Gasteiger partial charge is 0.310 e. The van der Waals surface area contributed by atoms with E-state index in [0.29, 0.717) is 4.90 Å². The van der Waals surface area contributed by atoms with Gasteiger partial charge in [0.1, 0.15) is 0 Å². The summed E-state index contributed by atoms with van der Waals surface area (Å²) in [6.45, 7) is -7.68. The lowest BCUT2D eigenvalue weighted by Crippen LogP contribution is -2.28. The maximum atomic E-state index is 10.1. The second-order valence-electron chi connectivity index (χ2n) is 14.6. The first-order valence-corrected chi connectivity index (χ1v) is 19.3. The van der Waals surface area contributed by atoms with E-state index in [1.165, 1.54) is 6.07 Å². The Morgan fingerprint density at radius 2 is 1.13 bits per heavy atom. The molecule has 1 unspecified atom stereocenters. The average Bonchev–Trinajstić information content (AvgIpc) is 1.50. The molecule has 298 valence electrons. The zero-order chi connectivity index (χ0) is 70.6. The van der Waals surface area contributed by atoms with E-state index >= 15 is 0 Å². The van der Waals surface area contributed by atoms with Gasteiger partial charge in [-0.15, -0.1) is 0 Å². The van der Waals surface area contributed by atoms with Crippen LogP contribution in [0.3, 0.4) is 0 Å². The third-order valence-corrected chi connectivity index (χ3v) is 11.4. The summed E-state index contributed by atoms with van der Waals surface area (Å²) in [5.74, 6) is 0. The topological polar surface area (TPSA) is 3.24 Å². The van der Waals surface area contributed by atoms with E-state index in [4.69, 9.17) is 24.7 Å². The van der Waals surface area contributed by atoms with E-state index in [9.17, 15) is 20.6 Å². The Morgan fingerprint density at radius 3 is 2.05 bits per heavy atom. The van der Waals surface area contributed by atoms with Crippen LogP contribution in [0.2, 0.25) is 0 Å². The smallest absolute Gasteiger partial charge is 0.0713 e. The van der Waals surface area contributed by atoms with E-state index < -0.39 is 243 Å². The summed E-state index contributed by atoms with van der Waals surface area (Å²) >= 11 is 0. The standard InChI is InChI=1S/C62H45N/c1-61(2)55-30-16-14-27-51(55)52-40-38-48(41-58(52)61)63(46-24-10-5-11-25-46)47-36-33-43(34-37-47)50-39-35-42-19-12-13-26-49(42)59(50)54-29-18-32-57-60(54)53-28-15-17-31-56(53)62(57,44-20-6-3-7-21-44)45-22-8-4-9-23-45/h3-41H,1-2H3/i1D3,2D3,3D,5D,6D,7D,8D,9D,10D,13D,14D,15D,16D,18D,19D,20D,22D,24D,25D,26D,30D,31D,32D,36D,37D,38D,39D,40D,41D. The number of para-hydroxylation sites is 1. The van der Waals surface area contributed by atoms with Gasteiger partial charge in [-0.25, -0.2) is 0 Å². The van der Waals surface area contributed by atoms with Crippen molar-refractivity contribution in [1.29, 1.82) is 0 Å². The first-order chi connectivity index (χ1) is 44.6. The summed E-state index contributed by atoms with van der Waals surface area (Å²) in [5.41, 5.74) is -15.7. The Bertz CT molecular complexity index is 5170. The summed E-state index contributed by atoms with van der Waals surface area (Å²) in [6, 6.07) is -9.01. The van der Waals surface area contributed by atoms with Crippen LogP contribution in [-0.2, 0) is 10.8 Å². The first-order valence-electron chi connectivity index (χ1n) is 35.8. The molecule has 0 bridgehead atoms. The Labute approximate surface area is 416 Å². The summed E-state index contributed by atoms with van der Waals surface area (Å²) in [6.07, 6.45) is 0. The maximum absolute atomic E-state index is 10.1. The third kappa shape index (κ3) is 5.56. The Balaban J connectivity index is 1.25. The fourth-order valence-corrected chi connectivity index (χ4v) is 8.76. The summed E-state index contributed by atoms with van der Waals surface area (Å²) in [4.78, 5) is 0.538. The summed E-state index contributed by atoms with van der Waals surface area (Å²) < 4.78 is 305. The van der Waals surface area contributed by atoms with Crippen LogP contribution in [0, 0.1) is 0 Å². The second-order valence-corrected chi connectivity index (χ2v) is 14.6. The van der Waals surface area contributed by atoms with Crippen molar-refractivity contribution in [3.63, 3.8) is 0 Å². The molecule has 2 aliphatic carbocycles. The number of hydrogen-bond donors (Lipinski definition) is 0. The van der Waals surface area contributed by atoms with Crippen molar-refractivity contribution in [2.45, 2.75) is 24.5 Å². The minimum atomic E-state index is -3.84. The molecule has 0 spiro atoms. The predicted octanol–water partition coefficient (Wildman–Crippen LogP) is 16.3. The summed E-state index contributed by atoms with van der Waals surface area (Å²) in [7, 11) is 0. The number of anilines is 3. The lowest BCUT2D eigenvalue weighted by atomic mass is 9.67. The molecule has 1 nitrogen and oxygen atoms in total. The highest BCUT2D eigenvalue weighted by molar-refractivity contribution is 6.09. The van der Waals surface area contributed by atoms with E-state index in [-0.39, 0.29) is 50.2 Å². The second kappa shape index (κ2) is 14.4. The third-order valence-electron chi connectivity index (χ3n) is 11.4. The van der Waals surface area contributed by atoms with Crippen LogP contribution in [0.5, 0.6) is 0 Å². The van der Waals surface area contributed by atoms with Crippen LogP contribution >= 0.6 is 0 Å². The SMILES string of the molecule is [2H]c1cc([2H])c2c(c1)-c1c(-c3c(-c4cc([2H])c(N(c5c([2H])cc([2H])c([2H])c5[2H])c5c([2H])c([2H])c6c(c5[2H])C(C([2H])([2H])[2H])(C([2H])([2H])[2H])c5c-6cc([2H])c([2H])c5[2H])c([2H])c4)c([2H])cc4c([2H])cc([2H])c([2H])c34)cc([2H])c([2H])c1C2(c1cc([2H])cc([2H])c1[2H])c1cc([2H])c([2H])c([2H])c1[2H]. The van der Waals surface area contributed by atoms with Gasteiger partial charge < -0.3 is 4.90 Å². The average molecular weight is 837 g/mol. The molecule has 10 aromatic carbocycles. The van der Waals surface area contributed by atoms with Crippen molar-refractivity contribution in [3.8, 4) is 44.5 Å². The first kappa shape index (κ1) is 16.5. The van der Waals surface area contributed by atoms with Crippen molar-refractivity contribution >= 4 is 27.8 Å². The predicted molar refractivity (Wildman–Crippen MR) is 264 cm³/mol. The molecule has 10 aromatic rings. The number of hydrogen-bond acceptors (Lipinski definition) is 1. The van der Waals surface area contributed by atoms with Crippen LogP contribution < -0.4 is 4.90 Å². The van der Waals surface area contributed by atoms with Gasteiger partial charge >= 0.3 is 0 Å². The molecule has 0 saturated heterocycles. The molecule has 0 saturated carbocycles. The minimum absolute atomic E-state index is 0.184. The molecule has 0 aliphatic heterocycles. The van der Waals surface area contributed by atoms with E-state index in [0.717, 1.165) is 66.7 Å². The monoisotopic (exact) mass is 837 g/mol. The highest BCUT2D eigenvalue weighted by Crippen LogP contribution is 2.59. The molecule has 0 fully saturated rings. The van der Waals surface area contributed by atoms with Gasteiger partial charge in [0, 0.05) is 30.7 Å². The van der Waals surface area contributed by atoms with Gasteiger partial charge in [0.25, 0.3) is 0 Å². The van der Waals surface area contributed by atoms with Crippen LogP contribution in [-0.4, -0.2) is 0 Å². The van der Waals surface area contributed by atoms with Gasteiger partial charge in [-0.1, -0.05) is 213 Å². The Hall–Kier alpha value is -7.74. The summed E-state index contributed by atoms with van der Waals surface area (Å²) in [5, 5.41) is -0.542. The van der Waals surface area contributed by atoms with Crippen molar-refractivity contribution in [2.75, 3.05) is 4.90 Å². The van der Waals surface area contributed by atoms with Gasteiger partial charge in [-0.3, -0.25) is 0 Å². The van der Waals surface area contributed by atoms with Gasteiger partial charge in [0.2, 0.25) is 0 Å². The normalized spacial score (nSPS) is 23.1. The molecule has 2 aliphatic rings. The molecule has 0 N–H and O–H groups in total. The maximum Gasteiger partial charge on any atom is 0.0713 e. The zero-order valence-electron chi connectivity index (χ0n) is 65.4. The molecule has 63 heavy (non-hydrogen) atoms. The fraction of sp³-hybridized carbons (Fsp3) is 0.0645. The van der Waals surface area contributed by atoms with Crippen LogP contribution in [0.1, 0.15) is 92.3 Å². The van der Waals surface area contributed by atoms with Gasteiger partial charge in [-0.05, 0) is 125 Å². The highest BCUT2D eigenvalue weighted by Gasteiger charge is 2.47. The molecular weight excluding hydrogens is 759 g/mol. The Kier molecular flexibility index (Phi) is 3.78. The Morgan fingerprint density at radius 1 is 0.397 bits per heavy atom. The van der Waals surface area contributed by atoms with E-state index in [1.54, 1.807) is 0 Å². The molecule has 0 heterocycles. The van der Waals surface area contributed by atoms with Crippen molar-refractivity contribution < 1.29 is 45.2 Å². The molecule has 0 amide bonds. The fourth-order valence-electron chi connectivity index (χ4n) is 8.76. The van der Waals surface area contributed by atoms with E-state index in [1.807, 2.05) is 0 Å². The number of benzene rings is 10. The van der Waals surface area contributed by atoms with Gasteiger partial charge in [0.15, 0.2) is 0 Å². The van der Waals surface area contributed by atoms with Crippen molar-refractivity contribution in [3.05, 3.63) is 269 Å². The zero-order valence-corrected chi connectivity index (χ0v) is 32.4. The quantitative estimate of drug-likeness (QED) is 0.155. The molecule has 12 rings (SSSR count). The number of nitrogens with zero attached hydrogens (tertiary/aromatic N) is 1. The number of fused-ring (bicyclic) bond motifs is 7. The van der Waals surface area contributed by atoms with Crippen LogP contribution in [0.25, 0.3) is 55.3 Å². The molecule has 0 radical (unpaired) electrons. The van der Waals surface area contributed by atoms with Crippen molar-refractivity contribution in [2.24, 2.45) is 0 Å².